The number of thiophene rings is 1. The van der Waals surface area contributed by atoms with Crippen LogP contribution in [0, 0.1) is 5.92 Å². The number of carbonyl (C=O) groups is 1. The number of aliphatic imine (C=N–C) groups is 1. The average Bonchev–Trinajstić information content (AvgIpc) is 3.65. The van der Waals surface area contributed by atoms with Crippen molar-refractivity contribution in [2.75, 3.05) is 25.6 Å². The Morgan fingerprint density at radius 1 is 1.32 bits per heavy atom. The second-order valence-corrected chi connectivity index (χ2v) is 10.6. The van der Waals surface area contributed by atoms with Gasteiger partial charge in [-0.15, -0.1) is 11.3 Å². The lowest BCUT2D eigenvalue weighted by atomic mass is 9.86. The Bertz CT molecular complexity index is 1350. The van der Waals surface area contributed by atoms with Crippen LogP contribution in [0.2, 0.25) is 0 Å². The van der Waals surface area contributed by atoms with E-state index in [4.69, 9.17) is 9.47 Å². The van der Waals surface area contributed by atoms with Gasteiger partial charge in [0.2, 0.25) is 5.91 Å². The molecule has 1 amide bonds. The maximum Gasteiger partial charge on any atom is 0.226 e. The van der Waals surface area contributed by atoms with E-state index < -0.39 is 0 Å². The molecular formula is C25H25N5O3S. The van der Waals surface area contributed by atoms with E-state index in [1.807, 2.05) is 12.3 Å². The molecule has 3 aromatic rings. The number of amides is 1. The van der Waals surface area contributed by atoms with E-state index in [2.05, 4.69) is 31.2 Å². The number of morpholine rings is 1. The summed E-state index contributed by atoms with van der Waals surface area (Å²) in [5.41, 5.74) is 4.41. The average molecular weight is 476 g/mol. The van der Waals surface area contributed by atoms with Crippen molar-refractivity contribution in [2.24, 2.45) is 10.9 Å². The standard InChI is InChI=1S/C25H25N5O3S/c1-32-20-5-15-9-26-8-14(15)4-19(20)29-23-22-18-3-2-13(6-21(18)34-24(22)28-12-27-23)25(31)30-10-17-7-16(30)11-33-17/h4-5,8,12-13,16-17H,2-3,6-7,9-11H2,1H3,(H,27,28,29). The Balaban J connectivity index is 1.20. The molecule has 4 aliphatic rings. The van der Waals surface area contributed by atoms with Gasteiger partial charge in [-0.3, -0.25) is 9.79 Å². The Labute approximate surface area is 201 Å². The first-order valence-corrected chi connectivity index (χ1v) is 12.6. The molecule has 2 saturated heterocycles. The largest absolute Gasteiger partial charge is 0.495 e. The number of nitrogens with one attached hydrogen (secondary N) is 1. The third-order valence-corrected chi connectivity index (χ3v) is 8.75. The molecule has 1 aliphatic carbocycles. The molecule has 0 spiro atoms. The van der Waals surface area contributed by atoms with Gasteiger partial charge in [0, 0.05) is 23.6 Å². The normalized spacial score (nSPS) is 24.5. The van der Waals surface area contributed by atoms with E-state index in [1.54, 1.807) is 24.8 Å². The van der Waals surface area contributed by atoms with E-state index in [0.717, 1.165) is 70.8 Å². The molecule has 0 saturated carbocycles. The summed E-state index contributed by atoms with van der Waals surface area (Å²) in [5, 5.41) is 4.58. The maximum atomic E-state index is 13.3. The summed E-state index contributed by atoms with van der Waals surface area (Å²) >= 11 is 1.69. The molecule has 34 heavy (non-hydrogen) atoms. The molecule has 2 aromatic heterocycles. The van der Waals surface area contributed by atoms with Crippen molar-refractivity contribution in [3.05, 3.63) is 40.0 Å². The SMILES string of the molecule is COc1cc2c(cc1Nc1ncnc3sc4c(c13)CCC(C(=O)N1CC3CC1CO3)C4)C=NC2. The summed E-state index contributed by atoms with van der Waals surface area (Å²) in [7, 11) is 1.68. The molecule has 8 nitrogen and oxygen atoms in total. The van der Waals surface area contributed by atoms with Crippen LogP contribution in [0.15, 0.2) is 23.5 Å². The highest BCUT2D eigenvalue weighted by molar-refractivity contribution is 7.19. The highest BCUT2D eigenvalue weighted by atomic mass is 32.1. The minimum absolute atomic E-state index is 0.0420. The van der Waals surface area contributed by atoms with Crippen molar-refractivity contribution in [3.63, 3.8) is 0 Å². The molecule has 1 N–H and O–H groups in total. The van der Waals surface area contributed by atoms with Gasteiger partial charge in [0.15, 0.2) is 0 Å². The first kappa shape index (κ1) is 20.3. The first-order valence-electron chi connectivity index (χ1n) is 11.8. The van der Waals surface area contributed by atoms with Crippen LogP contribution in [0.1, 0.15) is 34.4 Å². The van der Waals surface area contributed by atoms with Crippen LogP contribution in [-0.2, 0) is 28.9 Å². The molecule has 3 atom stereocenters. The van der Waals surface area contributed by atoms with E-state index in [0.29, 0.717) is 19.1 Å². The van der Waals surface area contributed by atoms with E-state index in [1.165, 1.54) is 10.4 Å². The van der Waals surface area contributed by atoms with Gasteiger partial charge in [-0.25, -0.2) is 9.97 Å². The molecule has 174 valence electrons. The first-order chi connectivity index (χ1) is 16.7. The summed E-state index contributed by atoms with van der Waals surface area (Å²) in [6.45, 7) is 2.14. The minimum Gasteiger partial charge on any atom is -0.495 e. The zero-order valence-corrected chi connectivity index (χ0v) is 19.7. The van der Waals surface area contributed by atoms with Crippen LogP contribution in [0.3, 0.4) is 0 Å². The third-order valence-electron chi connectivity index (χ3n) is 7.58. The quantitative estimate of drug-likeness (QED) is 0.622. The Morgan fingerprint density at radius 3 is 3.09 bits per heavy atom. The molecule has 3 unspecified atom stereocenters. The Morgan fingerprint density at radius 2 is 2.26 bits per heavy atom. The molecule has 7 rings (SSSR count). The fourth-order valence-corrected chi connectivity index (χ4v) is 7.12. The number of aryl methyl sites for hydroxylation is 1. The van der Waals surface area contributed by atoms with Gasteiger partial charge in [-0.05, 0) is 54.5 Å². The van der Waals surface area contributed by atoms with Crippen LogP contribution in [-0.4, -0.2) is 59.4 Å². The molecule has 9 heteroatoms. The molecular weight excluding hydrogens is 450 g/mol. The summed E-state index contributed by atoms with van der Waals surface area (Å²) in [6, 6.07) is 4.38. The molecule has 5 heterocycles. The molecule has 0 radical (unpaired) electrons. The minimum atomic E-state index is 0.0420. The number of hydrogen-bond donors (Lipinski definition) is 1. The number of hydrogen-bond acceptors (Lipinski definition) is 8. The third kappa shape index (κ3) is 3.14. The van der Waals surface area contributed by atoms with Crippen LogP contribution < -0.4 is 10.1 Å². The van der Waals surface area contributed by atoms with Gasteiger partial charge in [0.25, 0.3) is 0 Å². The second-order valence-electron chi connectivity index (χ2n) is 9.53. The lowest BCUT2D eigenvalue weighted by molar-refractivity contribution is -0.140. The molecule has 2 bridgehead atoms. The number of likely N-dealkylation sites (tertiary alicyclic amines) is 1. The van der Waals surface area contributed by atoms with Gasteiger partial charge in [-0.1, -0.05) is 0 Å². The van der Waals surface area contributed by atoms with Crippen LogP contribution in [0.25, 0.3) is 10.2 Å². The summed E-state index contributed by atoms with van der Waals surface area (Å²) in [5.74, 6) is 1.90. The van der Waals surface area contributed by atoms with Crippen LogP contribution >= 0.6 is 11.3 Å². The summed E-state index contributed by atoms with van der Waals surface area (Å²) < 4.78 is 11.3. The van der Waals surface area contributed by atoms with Crippen molar-refractivity contribution in [2.45, 2.75) is 44.4 Å². The summed E-state index contributed by atoms with van der Waals surface area (Å²) in [4.78, 5) is 31.1. The topological polar surface area (TPSA) is 88.9 Å². The van der Waals surface area contributed by atoms with Crippen molar-refractivity contribution >= 4 is 45.2 Å². The number of aromatic nitrogens is 2. The number of rotatable bonds is 4. The smallest absolute Gasteiger partial charge is 0.226 e. The number of nitrogens with zero attached hydrogens (tertiary/aromatic N) is 4. The van der Waals surface area contributed by atoms with Crippen molar-refractivity contribution < 1.29 is 14.3 Å². The molecule has 1 aromatic carbocycles. The molecule has 2 fully saturated rings. The Kier molecular flexibility index (Phi) is 4.63. The van der Waals surface area contributed by atoms with E-state index >= 15 is 0 Å². The molecule has 3 aliphatic heterocycles. The second kappa shape index (κ2) is 7.74. The number of fused-ring (bicyclic) bond motifs is 6. The zero-order chi connectivity index (χ0) is 22.8. The van der Waals surface area contributed by atoms with E-state index in [-0.39, 0.29) is 18.1 Å². The highest BCUT2D eigenvalue weighted by Gasteiger charge is 2.43. The lowest BCUT2D eigenvalue weighted by Crippen LogP contribution is -2.45. The number of ether oxygens (including phenoxy) is 2. The van der Waals surface area contributed by atoms with Gasteiger partial charge >= 0.3 is 0 Å². The van der Waals surface area contributed by atoms with Gasteiger partial charge < -0.3 is 19.7 Å². The van der Waals surface area contributed by atoms with Crippen molar-refractivity contribution in [1.29, 1.82) is 0 Å². The number of benzene rings is 1. The maximum absolute atomic E-state index is 13.3. The number of anilines is 2. The van der Waals surface area contributed by atoms with Crippen LogP contribution in [0.4, 0.5) is 11.5 Å². The van der Waals surface area contributed by atoms with E-state index in [9.17, 15) is 4.79 Å². The van der Waals surface area contributed by atoms with Crippen LogP contribution in [0.5, 0.6) is 5.75 Å². The summed E-state index contributed by atoms with van der Waals surface area (Å²) in [6.07, 6.45) is 7.25. The van der Waals surface area contributed by atoms with Gasteiger partial charge in [0.05, 0.1) is 43.5 Å². The van der Waals surface area contributed by atoms with Gasteiger partial charge in [0.1, 0.15) is 22.7 Å². The highest BCUT2D eigenvalue weighted by Crippen LogP contribution is 2.42. The van der Waals surface area contributed by atoms with Crippen molar-refractivity contribution in [1.82, 2.24) is 14.9 Å². The zero-order valence-electron chi connectivity index (χ0n) is 18.9. The Hall–Kier alpha value is -3.04. The predicted octanol–water partition coefficient (Wildman–Crippen LogP) is 3.48. The van der Waals surface area contributed by atoms with Crippen molar-refractivity contribution in [3.8, 4) is 5.75 Å². The number of carbonyl (C=O) groups excluding carboxylic acids is 1. The monoisotopic (exact) mass is 475 g/mol. The predicted molar refractivity (Wildman–Crippen MR) is 130 cm³/mol. The van der Waals surface area contributed by atoms with Gasteiger partial charge in [-0.2, -0.15) is 0 Å². The lowest BCUT2D eigenvalue weighted by Gasteiger charge is -2.32. The fraction of sp³-hybridized carbons (Fsp3) is 0.440. The fourth-order valence-electron chi connectivity index (χ4n) is 5.85. The number of methoxy groups -OCH3 is 1.